The summed E-state index contributed by atoms with van der Waals surface area (Å²) in [6, 6.07) is 5.12. The van der Waals surface area contributed by atoms with Crippen LogP contribution < -0.4 is 5.32 Å². The quantitative estimate of drug-likeness (QED) is 0.810. The number of carboxylic acids is 1. The van der Waals surface area contributed by atoms with Crippen LogP contribution in [0.2, 0.25) is 5.02 Å². The van der Waals surface area contributed by atoms with Crippen molar-refractivity contribution in [1.82, 2.24) is 0 Å². The maximum Gasteiger partial charge on any atom is 0.307 e. The maximum atomic E-state index is 12.3. The largest absolute Gasteiger partial charge is 0.481 e. The Morgan fingerprint density at radius 3 is 2.55 bits per heavy atom. The molecule has 0 radical (unpaired) electrons. The number of allylic oxidation sites excluding steroid dienone is 2. The molecule has 0 saturated carbocycles. The fourth-order valence-corrected chi connectivity index (χ4v) is 2.72. The summed E-state index contributed by atoms with van der Waals surface area (Å²) >= 11 is 9.31. The standard InChI is InChI=1S/C14H13BrClNO3/c15-8-5-6-11(16)12(7-8)17-13(18)9-3-1-2-4-10(9)14(19)20/h1-2,5-7,9-10H,3-4H2,(H,17,18)(H,19,20)/t9-,10+/m1/s1. The molecule has 20 heavy (non-hydrogen) atoms. The van der Waals surface area contributed by atoms with Gasteiger partial charge in [-0.3, -0.25) is 9.59 Å². The minimum Gasteiger partial charge on any atom is -0.481 e. The van der Waals surface area contributed by atoms with E-state index in [1.165, 1.54) is 0 Å². The van der Waals surface area contributed by atoms with Gasteiger partial charge in [-0.25, -0.2) is 0 Å². The number of carbonyl (C=O) groups is 2. The first-order valence-electron chi connectivity index (χ1n) is 6.12. The van der Waals surface area contributed by atoms with Gasteiger partial charge in [0.1, 0.15) is 0 Å². The van der Waals surface area contributed by atoms with Gasteiger partial charge < -0.3 is 10.4 Å². The van der Waals surface area contributed by atoms with Gasteiger partial charge in [-0.2, -0.15) is 0 Å². The number of hydrogen-bond acceptors (Lipinski definition) is 2. The molecule has 1 aromatic carbocycles. The van der Waals surface area contributed by atoms with Crippen LogP contribution in [0.1, 0.15) is 12.8 Å². The van der Waals surface area contributed by atoms with E-state index in [0.717, 1.165) is 4.47 Å². The lowest BCUT2D eigenvalue weighted by molar-refractivity contribution is -0.146. The third kappa shape index (κ3) is 3.41. The summed E-state index contributed by atoms with van der Waals surface area (Å²) in [6.45, 7) is 0. The number of hydrogen-bond donors (Lipinski definition) is 2. The van der Waals surface area contributed by atoms with Crippen molar-refractivity contribution in [3.05, 3.63) is 39.8 Å². The predicted molar refractivity (Wildman–Crippen MR) is 80.8 cm³/mol. The molecular weight excluding hydrogens is 346 g/mol. The van der Waals surface area contributed by atoms with Crippen molar-refractivity contribution in [3.63, 3.8) is 0 Å². The Labute approximate surface area is 129 Å². The number of benzene rings is 1. The first kappa shape index (κ1) is 15.1. The fourth-order valence-electron chi connectivity index (χ4n) is 2.20. The van der Waals surface area contributed by atoms with Crippen LogP contribution in [-0.4, -0.2) is 17.0 Å². The second-order valence-corrected chi connectivity index (χ2v) is 5.93. The predicted octanol–water partition coefficient (Wildman–Crippen LogP) is 3.71. The van der Waals surface area contributed by atoms with Gasteiger partial charge in [-0.15, -0.1) is 0 Å². The van der Waals surface area contributed by atoms with Gasteiger partial charge in [0, 0.05) is 4.47 Å². The van der Waals surface area contributed by atoms with Gasteiger partial charge >= 0.3 is 5.97 Å². The second kappa shape index (κ2) is 6.41. The number of amides is 1. The molecule has 1 aliphatic carbocycles. The van der Waals surface area contributed by atoms with E-state index in [-0.39, 0.29) is 5.91 Å². The van der Waals surface area contributed by atoms with Gasteiger partial charge in [0.15, 0.2) is 0 Å². The van der Waals surface area contributed by atoms with Crippen molar-refractivity contribution in [1.29, 1.82) is 0 Å². The molecule has 0 saturated heterocycles. The molecule has 106 valence electrons. The van der Waals surface area contributed by atoms with Crippen LogP contribution in [0, 0.1) is 11.8 Å². The van der Waals surface area contributed by atoms with Gasteiger partial charge in [-0.1, -0.05) is 39.7 Å². The zero-order valence-electron chi connectivity index (χ0n) is 10.5. The number of carbonyl (C=O) groups excluding carboxylic acids is 1. The van der Waals surface area contributed by atoms with E-state index in [1.807, 2.05) is 6.08 Å². The van der Waals surface area contributed by atoms with Crippen molar-refractivity contribution in [2.24, 2.45) is 11.8 Å². The lowest BCUT2D eigenvalue weighted by atomic mass is 9.82. The third-order valence-corrected chi connectivity index (χ3v) is 4.10. The van der Waals surface area contributed by atoms with Crippen molar-refractivity contribution in [2.45, 2.75) is 12.8 Å². The average Bonchev–Trinajstić information content (AvgIpc) is 2.42. The summed E-state index contributed by atoms with van der Waals surface area (Å²) in [7, 11) is 0. The van der Waals surface area contributed by atoms with E-state index in [1.54, 1.807) is 24.3 Å². The molecule has 2 rings (SSSR count). The van der Waals surface area contributed by atoms with E-state index in [4.69, 9.17) is 11.6 Å². The monoisotopic (exact) mass is 357 g/mol. The summed E-state index contributed by atoms with van der Waals surface area (Å²) in [5, 5.41) is 12.3. The topological polar surface area (TPSA) is 66.4 Å². The molecule has 2 atom stereocenters. The van der Waals surface area contributed by atoms with Crippen LogP contribution in [0.15, 0.2) is 34.8 Å². The first-order chi connectivity index (χ1) is 9.49. The van der Waals surface area contributed by atoms with Crippen LogP contribution in [-0.2, 0) is 9.59 Å². The van der Waals surface area contributed by atoms with Crippen molar-refractivity contribution >= 4 is 45.1 Å². The fraction of sp³-hybridized carbons (Fsp3) is 0.286. The molecule has 2 N–H and O–H groups in total. The molecule has 1 amide bonds. The SMILES string of the molecule is O=C(O)[C@H]1CC=CC[C@H]1C(=O)Nc1cc(Br)ccc1Cl. The normalized spacial score (nSPS) is 21.5. The lowest BCUT2D eigenvalue weighted by Crippen LogP contribution is -2.34. The first-order valence-corrected chi connectivity index (χ1v) is 7.30. The zero-order chi connectivity index (χ0) is 14.7. The summed E-state index contributed by atoms with van der Waals surface area (Å²) in [5.74, 6) is -2.53. The Morgan fingerprint density at radius 2 is 1.90 bits per heavy atom. The molecule has 0 fully saturated rings. The number of anilines is 1. The van der Waals surface area contributed by atoms with Gasteiger partial charge in [0.2, 0.25) is 5.91 Å². The second-order valence-electron chi connectivity index (χ2n) is 4.61. The summed E-state index contributed by atoms with van der Waals surface area (Å²) in [5.41, 5.74) is 0.477. The molecule has 4 nitrogen and oxygen atoms in total. The molecule has 0 aliphatic heterocycles. The molecule has 1 aliphatic rings. The average molecular weight is 359 g/mol. The van der Waals surface area contributed by atoms with E-state index in [0.29, 0.717) is 23.6 Å². The molecular formula is C14H13BrClNO3. The van der Waals surface area contributed by atoms with E-state index < -0.39 is 17.8 Å². The smallest absolute Gasteiger partial charge is 0.307 e. The van der Waals surface area contributed by atoms with Gasteiger partial charge in [-0.05, 0) is 31.0 Å². The van der Waals surface area contributed by atoms with Crippen LogP contribution in [0.5, 0.6) is 0 Å². The molecule has 6 heteroatoms. The van der Waals surface area contributed by atoms with Crippen molar-refractivity contribution in [3.8, 4) is 0 Å². The number of nitrogens with one attached hydrogen (secondary N) is 1. The number of carboxylic acid groups (broad SMARTS) is 1. The highest BCUT2D eigenvalue weighted by Crippen LogP contribution is 2.30. The van der Waals surface area contributed by atoms with E-state index >= 15 is 0 Å². The van der Waals surface area contributed by atoms with Crippen LogP contribution >= 0.6 is 27.5 Å². The van der Waals surface area contributed by atoms with Crippen LogP contribution in [0.4, 0.5) is 5.69 Å². The zero-order valence-corrected chi connectivity index (χ0v) is 12.8. The van der Waals surface area contributed by atoms with Crippen molar-refractivity contribution < 1.29 is 14.7 Å². The minimum atomic E-state index is -0.949. The molecule has 0 unspecified atom stereocenters. The van der Waals surface area contributed by atoms with Gasteiger partial charge in [0.25, 0.3) is 0 Å². The highest BCUT2D eigenvalue weighted by atomic mass is 79.9. The van der Waals surface area contributed by atoms with E-state index in [2.05, 4.69) is 21.2 Å². The highest BCUT2D eigenvalue weighted by Gasteiger charge is 2.34. The van der Waals surface area contributed by atoms with Gasteiger partial charge in [0.05, 0.1) is 22.5 Å². The molecule has 0 aromatic heterocycles. The van der Waals surface area contributed by atoms with Crippen LogP contribution in [0.25, 0.3) is 0 Å². The Balaban J connectivity index is 2.16. The lowest BCUT2D eigenvalue weighted by Gasteiger charge is -2.24. The Morgan fingerprint density at radius 1 is 1.25 bits per heavy atom. The molecule has 0 bridgehead atoms. The molecule has 0 heterocycles. The molecule has 1 aromatic rings. The number of rotatable bonds is 3. The third-order valence-electron chi connectivity index (χ3n) is 3.27. The Hall–Kier alpha value is -1.33. The Bertz CT molecular complexity index is 574. The molecule has 0 spiro atoms. The summed E-state index contributed by atoms with van der Waals surface area (Å²) in [4.78, 5) is 23.5. The van der Waals surface area contributed by atoms with E-state index in [9.17, 15) is 14.7 Å². The highest BCUT2D eigenvalue weighted by molar-refractivity contribution is 9.10. The Kier molecular flexibility index (Phi) is 4.83. The van der Waals surface area contributed by atoms with Crippen molar-refractivity contribution in [2.75, 3.05) is 5.32 Å². The summed E-state index contributed by atoms with van der Waals surface area (Å²) < 4.78 is 0.788. The number of aliphatic carboxylic acids is 1. The number of halogens is 2. The van der Waals surface area contributed by atoms with Crippen LogP contribution in [0.3, 0.4) is 0 Å². The summed E-state index contributed by atoms with van der Waals surface area (Å²) in [6.07, 6.45) is 4.44. The maximum absolute atomic E-state index is 12.3. The minimum absolute atomic E-state index is 0.318.